The molecule has 0 radical (unpaired) electrons. The molecule has 3 heterocycles. The quantitative estimate of drug-likeness (QED) is 0.0435. The molecule has 0 aliphatic carbocycles. The molecular formula is C50H65ClFN9O3. The molecule has 1 saturated heterocycles. The van der Waals surface area contributed by atoms with Gasteiger partial charge in [-0.1, -0.05) is 67.8 Å². The van der Waals surface area contributed by atoms with Crippen LogP contribution in [0.25, 0.3) is 22.2 Å². The Morgan fingerprint density at radius 1 is 0.938 bits per heavy atom. The largest absolute Gasteiger partial charge is 0.381 e. The number of fused-ring (bicyclic) bond motifs is 1. The van der Waals surface area contributed by atoms with Crippen LogP contribution in [0.4, 0.5) is 27.4 Å². The van der Waals surface area contributed by atoms with Crippen molar-refractivity contribution in [1.29, 1.82) is 0 Å². The number of unbranched alkanes of at least 4 members (excludes halogenated alkanes) is 4. The van der Waals surface area contributed by atoms with Gasteiger partial charge in [0.25, 0.3) is 0 Å². The van der Waals surface area contributed by atoms with Crippen molar-refractivity contribution < 1.29 is 18.7 Å². The number of halogens is 2. The van der Waals surface area contributed by atoms with Crippen molar-refractivity contribution in [2.24, 2.45) is 7.05 Å². The van der Waals surface area contributed by atoms with Crippen molar-refractivity contribution in [2.45, 2.75) is 70.4 Å². The number of hydrogen-bond donors (Lipinski definition) is 2. The van der Waals surface area contributed by atoms with Gasteiger partial charge in [0.15, 0.2) is 0 Å². The first-order valence-corrected chi connectivity index (χ1v) is 23.0. The van der Waals surface area contributed by atoms with E-state index in [9.17, 15) is 14.0 Å². The van der Waals surface area contributed by atoms with Crippen molar-refractivity contribution in [3.05, 3.63) is 108 Å². The number of anilines is 4. The lowest BCUT2D eigenvalue weighted by Crippen LogP contribution is -2.46. The number of nitrogens with zero attached hydrogens (tertiary/aromatic N) is 7. The normalized spacial score (nSPS) is 13.8. The number of benzene rings is 3. The van der Waals surface area contributed by atoms with Crippen LogP contribution in [0.2, 0.25) is 5.02 Å². The Hall–Kier alpha value is -5.34. The van der Waals surface area contributed by atoms with Gasteiger partial charge >= 0.3 is 0 Å². The number of carbonyl (C=O) groups excluding carboxylic acids is 2. The first kappa shape index (κ1) is 48.1. The second-order valence-corrected chi connectivity index (χ2v) is 17.2. The van der Waals surface area contributed by atoms with Crippen LogP contribution in [0.5, 0.6) is 0 Å². The molecule has 1 unspecified atom stereocenters. The number of piperazine rings is 1. The molecule has 12 nitrogen and oxygen atoms in total. The van der Waals surface area contributed by atoms with E-state index in [0.717, 1.165) is 105 Å². The number of carbonyl (C=O) groups is 2. The molecule has 1 aliphatic rings. The monoisotopic (exact) mass is 893 g/mol. The summed E-state index contributed by atoms with van der Waals surface area (Å²) >= 11 is 6.02. The average molecular weight is 895 g/mol. The molecule has 1 aliphatic heterocycles. The van der Waals surface area contributed by atoms with Crippen LogP contribution in [0.3, 0.4) is 0 Å². The molecular weight excluding hydrogens is 829 g/mol. The zero-order chi connectivity index (χ0) is 45.4. The number of rotatable bonds is 25. The highest BCUT2D eigenvalue weighted by Crippen LogP contribution is 2.33. The van der Waals surface area contributed by atoms with Crippen molar-refractivity contribution in [3.8, 4) is 11.1 Å². The summed E-state index contributed by atoms with van der Waals surface area (Å²) in [6, 6.07) is 19.0. The molecule has 5 aromatic rings. The zero-order valence-corrected chi connectivity index (χ0v) is 38.8. The van der Waals surface area contributed by atoms with Gasteiger partial charge in [-0.2, -0.15) is 4.98 Å². The zero-order valence-electron chi connectivity index (χ0n) is 38.0. The predicted molar refractivity (Wildman–Crippen MR) is 259 cm³/mol. The van der Waals surface area contributed by atoms with Crippen molar-refractivity contribution in [3.63, 3.8) is 0 Å². The van der Waals surface area contributed by atoms with Gasteiger partial charge in [-0.15, -0.1) is 0 Å². The molecule has 64 heavy (non-hydrogen) atoms. The van der Waals surface area contributed by atoms with E-state index in [-0.39, 0.29) is 5.91 Å². The Kier molecular flexibility index (Phi) is 18.1. The predicted octanol–water partition coefficient (Wildman–Crippen LogP) is 9.00. The number of amides is 1. The molecule has 1 amide bonds. The smallest absolute Gasteiger partial charge is 0.229 e. The second-order valence-electron chi connectivity index (χ2n) is 16.8. The fourth-order valence-electron chi connectivity index (χ4n) is 8.31. The molecule has 342 valence electrons. The Labute approximate surface area is 383 Å². The van der Waals surface area contributed by atoms with Crippen molar-refractivity contribution >= 4 is 57.8 Å². The number of aryl methyl sites for hydroxylation is 2. The van der Waals surface area contributed by atoms with Gasteiger partial charge in [0.2, 0.25) is 11.9 Å². The Morgan fingerprint density at radius 3 is 2.39 bits per heavy atom. The SMILES string of the molecule is C=CN(C)c1cc(CCCOCCCCCCCN2CCN(Cc3ccc(-c4cn(C)c5nc(Nc6cc(F)cc(Cl)c6)ncc45)cc3)CC2)ccc1N(C)C(C=O)CCC(=O)NC. The molecule has 1 fully saturated rings. The molecule has 2 N–H and O–H groups in total. The Morgan fingerprint density at radius 2 is 1.66 bits per heavy atom. The fourth-order valence-corrected chi connectivity index (χ4v) is 8.53. The first-order valence-electron chi connectivity index (χ1n) is 22.6. The highest BCUT2D eigenvalue weighted by Gasteiger charge is 2.21. The molecule has 14 heteroatoms. The van der Waals surface area contributed by atoms with Crippen LogP contribution in [0.1, 0.15) is 62.5 Å². The van der Waals surface area contributed by atoms with Gasteiger partial charge in [0, 0.05) is 115 Å². The van der Waals surface area contributed by atoms with Gasteiger partial charge in [-0.05, 0) is 91.9 Å². The standard InChI is InChI=1S/C50H65ClFN9O3/c1-6-57(3)47-29-37(16-20-46(47)59(5)43(36-62)19-21-48(63)53-2)13-12-28-64-27-11-9-7-8-10-22-60-23-25-61(26-24-60)34-38-14-17-39(18-15-38)45-35-58(4)49-44(45)33-54-50(56-49)55-42-31-40(51)30-41(52)32-42/h6,14-18,20,29-33,35-36,43H,1,7-13,19,21-28,34H2,2-5H3,(H,53,63)(H,54,55,56). The van der Waals surface area contributed by atoms with E-state index < -0.39 is 11.9 Å². The number of likely N-dealkylation sites (N-methyl/N-ethyl adjacent to an activating group) is 1. The van der Waals surface area contributed by atoms with Crippen LogP contribution < -0.4 is 20.4 Å². The summed E-state index contributed by atoms with van der Waals surface area (Å²) in [6.07, 6.45) is 15.2. The van der Waals surface area contributed by atoms with Gasteiger partial charge in [0.1, 0.15) is 17.8 Å². The van der Waals surface area contributed by atoms with Gasteiger partial charge in [0.05, 0.1) is 17.4 Å². The lowest BCUT2D eigenvalue weighted by Gasteiger charge is -2.34. The number of ether oxygens (including phenoxy) is 1. The highest BCUT2D eigenvalue weighted by atomic mass is 35.5. The summed E-state index contributed by atoms with van der Waals surface area (Å²) in [5, 5.41) is 6.94. The molecule has 3 aromatic carbocycles. The number of hydrogen-bond acceptors (Lipinski definition) is 10. The summed E-state index contributed by atoms with van der Waals surface area (Å²) in [5.41, 5.74) is 7.87. The minimum absolute atomic E-state index is 0.0739. The van der Waals surface area contributed by atoms with Crippen molar-refractivity contribution in [2.75, 3.05) is 82.2 Å². The third-order valence-electron chi connectivity index (χ3n) is 12.2. The maximum atomic E-state index is 13.8. The van der Waals surface area contributed by atoms with E-state index in [2.05, 4.69) is 80.7 Å². The number of aldehydes is 1. The van der Waals surface area contributed by atoms with Crippen LogP contribution in [-0.2, 0) is 34.3 Å². The van der Waals surface area contributed by atoms with Crippen molar-refractivity contribution in [1.82, 2.24) is 29.7 Å². The van der Waals surface area contributed by atoms with E-state index in [4.69, 9.17) is 21.3 Å². The van der Waals surface area contributed by atoms with Crippen LogP contribution in [0, 0.1) is 5.82 Å². The van der Waals surface area contributed by atoms with Crippen LogP contribution in [0.15, 0.2) is 85.8 Å². The molecule has 6 rings (SSSR count). The average Bonchev–Trinajstić information content (AvgIpc) is 3.63. The summed E-state index contributed by atoms with van der Waals surface area (Å²) in [5.74, 6) is -0.121. The van der Waals surface area contributed by atoms with Crippen LogP contribution >= 0.6 is 11.6 Å². The summed E-state index contributed by atoms with van der Waals surface area (Å²) in [7, 11) is 7.43. The summed E-state index contributed by atoms with van der Waals surface area (Å²) in [4.78, 5) is 42.0. The minimum atomic E-state index is -0.424. The topological polar surface area (TPSA) is 111 Å². The number of aromatic nitrogens is 3. The Balaban J connectivity index is 0.826. The van der Waals surface area contributed by atoms with Gasteiger partial charge < -0.3 is 39.4 Å². The van der Waals surface area contributed by atoms with E-state index in [0.29, 0.717) is 29.5 Å². The summed E-state index contributed by atoms with van der Waals surface area (Å²) in [6.45, 7) is 12.0. The third-order valence-corrected chi connectivity index (χ3v) is 12.4. The van der Waals surface area contributed by atoms with E-state index in [1.165, 1.54) is 55.5 Å². The minimum Gasteiger partial charge on any atom is -0.381 e. The first-order chi connectivity index (χ1) is 31.0. The van der Waals surface area contributed by atoms with Gasteiger partial charge in [-0.25, -0.2) is 9.37 Å². The molecule has 1 atom stereocenters. The maximum absolute atomic E-state index is 13.8. The fraction of sp³-hybridized carbons (Fsp3) is 0.440. The van der Waals surface area contributed by atoms with E-state index in [1.807, 2.05) is 41.7 Å². The van der Waals surface area contributed by atoms with Gasteiger partial charge in [-0.3, -0.25) is 9.69 Å². The summed E-state index contributed by atoms with van der Waals surface area (Å²) < 4.78 is 21.8. The molecule has 0 saturated carbocycles. The lowest BCUT2D eigenvalue weighted by atomic mass is 10.0. The third kappa shape index (κ3) is 13.6. The maximum Gasteiger partial charge on any atom is 0.229 e. The Bertz CT molecular complexity index is 2280. The van der Waals surface area contributed by atoms with Crippen LogP contribution in [-0.4, -0.2) is 110 Å². The second kappa shape index (κ2) is 24.1. The highest BCUT2D eigenvalue weighted by molar-refractivity contribution is 6.30. The molecule has 2 aromatic heterocycles. The van der Waals surface area contributed by atoms with E-state index in [1.54, 1.807) is 19.3 Å². The lowest BCUT2D eigenvalue weighted by molar-refractivity contribution is -0.120. The molecule has 0 bridgehead atoms. The van der Waals surface area contributed by atoms with E-state index >= 15 is 0 Å². The number of nitrogens with one attached hydrogen (secondary N) is 2. The molecule has 0 spiro atoms.